The maximum absolute atomic E-state index is 8.81. The molecule has 17 heavy (non-hydrogen) atoms. The average Bonchev–Trinajstić information content (AvgIpc) is 2.40. The highest BCUT2D eigenvalue weighted by molar-refractivity contribution is 5.22. The van der Waals surface area contributed by atoms with Crippen LogP contribution in [-0.2, 0) is 12.8 Å². The number of benzene rings is 1. The molecule has 0 amide bonds. The van der Waals surface area contributed by atoms with Gasteiger partial charge in [0.2, 0.25) is 0 Å². The molecule has 0 saturated carbocycles. The van der Waals surface area contributed by atoms with E-state index in [1.807, 2.05) is 0 Å². The number of nitriles is 1. The maximum atomic E-state index is 8.81. The van der Waals surface area contributed by atoms with Crippen molar-refractivity contribution in [3.05, 3.63) is 35.4 Å². The van der Waals surface area contributed by atoms with E-state index < -0.39 is 0 Å². The smallest absolute Gasteiger partial charge is 0.0669 e. The number of nitrogens with one attached hydrogen (secondary N) is 1. The van der Waals surface area contributed by atoms with Gasteiger partial charge in [0.15, 0.2) is 0 Å². The van der Waals surface area contributed by atoms with Crippen LogP contribution in [0.2, 0.25) is 0 Å². The first-order chi connectivity index (χ1) is 8.30. The third-order valence-corrected chi connectivity index (χ3v) is 3.09. The van der Waals surface area contributed by atoms with Crippen molar-refractivity contribution in [3.63, 3.8) is 0 Å². The molecule has 1 aromatic carbocycles. The summed E-state index contributed by atoms with van der Waals surface area (Å²) in [5, 5.41) is 12.2. The molecule has 1 atom stereocenters. The zero-order chi connectivity index (χ0) is 12.5. The molecular weight excluding hydrogens is 208 g/mol. The molecule has 1 unspecified atom stereocenters. The van der Waals surface area contributed by atoms with Gasteiger partial charge in [-0.2, -0.15) is 5.26 Å². The van der Waals surface area contributed by atoms with Gasteiger partial charge in [-0.25, -0.2) is 0 Å². The van der Waals surface area contributed by atoms with Crippen molar-refractivity contribution in [2.45, 2.75) is 33.1 Å². The molecule has 2 heteroatoms. The quantitative estimate of drug-likeness (QED) is 0.731. The molecule has 0 radical (unpaired) electrons. The van der Waals surface area contributed by atoms with Crippen LogP contribution < -0.4 is 5.32 Å². The molecule has 0 aliphatic rings. The highest BCUT2D eigenvalue weighted by Gasteiger charge is 2.02. The SMILES string of the molecule is CCc1ccc(CCNCC(C#N)CC)cc1. The normalized spacial score (nSPS) is 12.1. The second-order valence-corrected chi connectivity index (χ2v) is 4.36. The summed E-state index contributed by atoms with van der Waals surface area (Å²) in [6, 6.07) is 11.1. The first-order valence-corrected chi connectivity index (χ1v) is 6.48. The Morgan fingerprint density at radius 3 is 2.35 bits per heavy atom. The third-order valence-electron chi connectivity index (χ3n) is 3.09. The molecule has 1 rings (SSSR count). The molecule has 0 bridgehead atoms. The van der Waals surface area contributed by atoms with Crippen LogP contribution >= 0.6 is 0 Å². The summed E-state index contributed by atoms with van der Waals surface area (Å²) in [5.41, 5.74) is 2.75. The van der Waals surface area contributed by atoms with Gasteiger partial charge in [-0.15, -0.1) is 0 Å². The van der Waals surface area contributed by atoms with E-state index in [1.165, 1.54) is 11.1 Å². The lowest BCUT2D eigenvalue weighted by Crippen LogP contribution is -2.23. The Balaban J connectivity index is 2.24. The van der Waals surface area contributed by atoms with Crippen LogP contribution in [0.1, 0.15) is 31.4 Å². The van der Waals surface area contributed by atoms with Gasteiger partial charge in [0.25, 0.3) is 0 Å². The zero-order valence-corrected chi connectivity index (χ0v) is 10.9. The number of hydrogen-bond acceptors (Lipinski definition) is 2. The minimum Gasteiger partial charge on any atom is -0.315 e. The van der Waals surface area contributed by atoms with E-state index >= 15 is 0 Å². The Bertz CT molecular complexity index is 348. The van der Waals surface area contributed by atoms with E-state index in [9.17, 15) is 0 Å². The van der Waals surface area contributed by atoms with Gasteiger partial charge in [0.1, 0.15) is 0 Å². The van der Waals surface area contributed by atoms with Gasteiger partial charge >= 0.3 is 0 Å². The van der Waals surface area contributed by atoms with Gasteiger partial charge in [-0.05, 0) is 36.9 Å². The molecule has 0 fully saturated rings. The van der Waals surface area contributed by atoms with Crippen molar-refractivity contribution >= 4 is 0 Å². The average molecular weight is 230 g/mol. The summed E-state index contributed by atoms with van der Waals surface area (Å²) >= 11 is 0. The van der Waals surface area contributed by atoms with Gasteiger partial charge in [-0.3, -0.25) is 0 Å². The monoisotopic (exact) mass is 230 g/mol. The van der Waals surface area contributed by atoms with Crippen LogP contribution in [0.3, 0.4) is 0 Å². The van der Waals surface area contributed by atoms with E-state index in [0.717, 1.165) is 32.4 Å². The highest BCUT2D eigenvalue weighted by Crippen LogP contribution is 2.05. The van der Waals surface area contributed by atoms with Crippen LogP contribution in [0.25, 0.3) is 0 Å². The lowest BCUT2D eigenvalue weighted by molar-refractivity contribution is 0.555. The molecule has 2 nitrogen and oxygen atoms in total. The van der Waals surface area contributed by atoms with Crippen LogP contribution in [0.4, 0.5) is 0 Å². The summed E-state index contributed by atoms with van der Waals surface area (Å²) in [6.45, 7) is 5.98. The molecule has 92 valence electrons. The number of nitrogens with zero attached hydrogens (tertiary/aromatic N) is 1. The third kappa shape index (κ3) is 5.01. The molecular formula is C15H22N2. The minimum atomic E-state index is 0.150. The Morgan fingerprint density at radius 2 is 1.82 bits per heavy atom. The van der Waals surface area contributed by atoms with Crippen molar-refractivity contribution in [3.8, 4) is 6.07 Å². The van der Waals surface area contributed by atoms with Crippen molar-refractivity contribution in [2.75, 3.05) is 13.1 Å². The number of aryl methyl sites for hydroxylation is 1. The van der Waals surface area contributed by atoms with E-state index in [0.29, 0.717) is 0 Å². The fourth-order valence-corrected chi connectivity index (χ4v) is 1.73. The van der Waals surface area contributed by atoms with E-state index in [-0.39, 0.29) is 5.92 Å². The largest absolute Gasteiger partial charge is 0.315 e. The second kappa shape index (κ2) is 7.86. The van der Waals surface area contributed by atoms with Gasteiger partial charge in [0, 0.05) is 6.54 Å². The van der Waals surface area contributed by atoms with E-state index in [4.69, 9.17) is 5.26 Å². The summed E-state index contributed by atoms with van der Waals surface area (Å²) in [4.78, 5) is 0. The predicted molar refractivity (Wildman–Crippen MR) is 71.8 cm³/mol. The Morgan fingerprint density at radius 1 is 1.18 bits per heavy atom. The van der Waals surface area contributed by atoms with Crippen molar-refractivity contribution in [1.82, 2.24) is 5.32 Å². The lowest BCUT2D eigenvalue weighted by atomic mass is 10.1. The van der Waals surface area contributed by atoms with Crippen molar-refractivity contribution < 1.29 is 0 Å². The highest BCUT2D eigenvalue weighted by atomic mass is 14.8. The minimum absolute atomic E-state index is 0.150. The summed E-state index contributed by atoms with van der Waals surface area (Å²) in [7, 11) is 0. The Kier molecular flexibility index (Phi) is 6.35. The molecule has 1 N–H and O–H groups in total. The van der Waals surface area contributed by atoms with Gasteiger partial charge in [0.05, 0.1) is 12.0 Å². The first-order valence-electron chi connectivity index (χ1n) is 6.48. The lowest BCUT2D eigenvalue weighted by Gasteiger charge is -2.08. The van der Waals surface area contributed by atoms with E-state index in [2.05, 4.69) is 49.5 Å². The molecule has 0 heterocycles. The number of rotatable bonds is 7. The van der Waals surface area contributed by atoms with Crippen LogP contribution in [-0.4, -0.2) is 13.1 Å². The van der Waals surface area contributed by atoms with Crippen molar-refractivity contribution in [2.24, 2.45) is 5.92 Å². The van der Waals surface area contributed by atoms with Crippen LogP contribution in [0.5, 0.6) is 0 Å². The van der Waals surface area contributed by atoms with Crippen LogP contribution in [0, 0.1) is 17.2 Å². The maximum Gasteiger partial charge on any atom is 0.0669 e. The summed E-state index contributed by atoms with van der Waals surface area (Å²) in [6.07, 6.45) is 3.05. The van der Waals surface area contributed by atoms with Crippen molar-refractivity contribution in [1.29, 1.82) is 5.26 Å². The molecule has 0 aliphatic heterocycles. The zero-order valence-electron chi connectivity index (χ0n) is 10.9. The molecule has 1 aromatic rings. The Hall–Kier alpha value is -1.33. The molecule has 0 aromatic heterocycles. The van der Waals surface area contributed by atoms with Gasteiger partial charge in [-0.1, -0.05) is 38.1 Å². The fraction of sp³-hybridized carbons (Fsp3) is 0.533. The topological polar surface area (TPSA) is 35.8 Å². The Labute approximate surface area is 105 Å². The van der Waals surface area contributed by atoms with Crippen LogP contribution in [0.15, 0.2) is 24.3 Å². The number of hydrogen-bond donors (Lipinski definition) is 1. The predicted octanol–water partition coefficient (Wildman–Crippen LogP) is 2.93. The molecule has 0 saturated heterocycles. The fourth-order valence-electron chi connectivity index (χ4n) is 1.73. The first kappa shape index (κ1) is 13.7. The molecule has 0 spiro atoms. The van der Waals surface area contributed by atoms with Gasteiger partial charge < -0.3 is 5.32 Å². The summed E-state index contributed by atoms with van der Waals surface area (Å²) < 4.78 is 0. The molecule has 0 aliphatic carbocycles. The summed E-state index contributed by atoms with van der Waals surface area (Å²) in [5.74, 6) is 0.150. The van der Waals surface area contributed by atoms with E-state index in [1.54, 1.807) is 0 Å². The second-order valence-electron chi connectivity index (χ2n) is 4.36. The standard InChI is InChI=1S/C15H22N2/c1-3-13-5-7-15(8-6-13)9-10-17-12-14(4-2)11-16/h5-8,14,17H,3-4,9-10,12H2,1-2H3.